The third-order valence-corrected chi connectivity index (χ3v) is 4.13. The predicted octanol–water partition coefficient (Wildman–Crippen LogP) is 2.22. The van der Waals surface area contributed by atoms with Crippen molar-refractivity contribution in [2.45, 2.75) is 32.2 Å². The van der Waals surface area contributed by atoms with E-state index in [0.29, 0.717) is 12.5 Å². The number of thiophene rings is 1. The Kier molecular flexibility index (Phi) is 4.57. The first-order valence-corrected chi connectivity index (χ1v) is 7.08. The average Bonchev–Trinajstić information content (AvgIpc) is 2.82. The molecule has 1 saturated heterocycles. The van der Waals surface area contributed by atoms with Gasteiger partial charge in [-0.25, -0.2) is 0 Å². The van der Waals surface area contributed by atoms with Crippen LogP contribution in [0.4, 0.5) is 0 Å². The van der Waals surface area contributed by atoms with Gasteiger partial charge in [-0.05, 0) is 36.8 Å². The van der Waals surface area contributed by atoms with Crippen LogP contribution in [0.1, 0.15) is 24.6 Å². The number of piperidine rings is 1. The highest BCUT2D eigenvalue weighted by Gasteiger charge is 2.28. The van der Waals surface area contributed by atoms with E-state index >= 15 is 0 Å². The van der Waals surface area contributed by atoms with Gasteiger partial charge in [-0.3, -0.25) is 4.79 Å². The number of ether oxygens (including phenoxy) is 1. The molecule has 0 amide bonds. The second kappa shape index (κ2) is 6.17. The van der Waals surface area contributed by atoms with Crippen LogP contribution in [0, 0.1) is 5.92 Å². The Labute approximate surface area is 106 Å². The van der Waals surface area contributed by atoms with Crippen molar-refractivity contribution in [3.05, 3.63) is 22.4 Å². The van der Waals surface area contributed by atoms with Crippen molar-refractivity contribution in [1.82, 2.24) is 5.32 Å². The largest absolute Gasteiger partial charge is 0.464 e. The lowest BCUT2D eigenvalue weighted by Gasteiger charge is -2.28. The molecule has 1 N–H and O–H groups in total. The Bertz CT molecular complexity index is 350. The van der Waals surface area contributed by atoms with E-state index in [4.69, 9.17) is 4.74 Å². The van der Waals surface area contributed by atoms with Gasteiger partial charge < -0.3 is 10.1 Å². The molecule has 1 aromatic heterocycles. The highest BCUT2D eigenvalue weighted by atomic mass is 32.1. The number of carbonyl (C=O) groups excluding carboxylic acids is 1. The van der Waals surface area contributed by atoms with Crippen molar-refractivity contribution in [1.29, 1.82) is 0 Å². The van der Waals surface area contributed by atoms with E-state index in [2.05, 4.69) is 18.3 Å². The van der Waals surface area contributed by atoms with Crippen molar-refractivity contribution in [2.24, 2.45) is 5.92 Å². The summed E-state index contributed by atoms with van der Waals surface area (Å²) in [7, 11) is 0. The van der Waals surface area contributed by atoms with Crippen LogP contribution in [0.3, 0.4) is 0 Å². The molecule has 0 bridgehead atoms. The molecule has 2 rings (SSSR count). The molecule has 0 aromatic carbocycles. The maximum absolute atomic E-state index is 11.9. The van der Waals surface area contributed by atoms with Gasteiger partial charge in [0.05, 0.1) is 6.61 Å². The van der Waals surface area contributed by atoms with Gasteiger partial charge in [0.25, 0.3) is 0 Å². The third kappa shape index (κ3) is 3.54. The minimum atomic E-state index is -0.105. The normalized spacial score (nSPS) is 24.5. The Balaban J connectivity index is 1.73. The summed E-state index contributed by atoms with van der Waals surface area (Å²) in [6.45, 7) is 3.52. The van der Waals surface area contributed by atoms with E-state index in [0.717, 1.165) is 25.8 Å². The van der Waals surface area contributed by atoms with Gasteiger partial charge in [-0.2, -0.15) is 0 Å². The minimum absolute atomic E-state index is 0.0891. The van der Waals surface area contributed by atoms with Gasteiger partial charge in [0.1, 0.15) is 6.04 Å². The molecule has 3 nitrogen and oxygen atoms in total. The van der Waals surface area contributed by atoms with Gasteiger partial charge >= 0.3 is 5.97 Å². The van der Waals surface area contributed by atoms with Crippen LogP contribution < -0.4 is 5.32 Å². The molecule has 4 heteroatoms. The zero-order valence-corrected chi connectivity index (χ0v) is 11.0. The molecule has 2 heterocycles. The summed E-state index contributed by atoms with van der Waals surface area (Å²) < 4.78 is 5.33. The van der Waals surface area contributed by atoms with Crippen molar-refractivity contribution in [2.75, 3.05) is 13.2 Å². The van der Waals surface area contributed by atoms with Crippen LogP contribution in [-0.2, 0) is 16.0 Å². The van der Waals surface area contributed by atoms with Crippen molar-refractivity contribution < 1.29 is 9.53 Å². The number of rotatable bonds is 4. The summed E-state index contributed by atoms with van der Waals surface area (Å²) >= 11 is 1.70. The van der Waals surface area contributed by atoms with Gasteiger partial charge in [0.2, 0.25) is 0 Å². The van der Waals surface area contributed by atoms with E-state index in [-0.39, 0.29) is 12.0 Å². The lowest BCUT2D eigenvalue weighted by molar-refractivity contribution is -0.148. The lowest BCUT2D eigenvalue weighted by atomic mass is 9.93. The van der Waals surface area contributed by atoms with Gasteiger partial charge in [0, 0.05) is 11.3 Å². The first kappa shape index (κ1) is 12.6. The first-order chi connectivity index (χ1) is 8.27. The standard InChI is InChI=1S/C13H19NO2S/c1-10-4-2-7-14-12(10)13(15)16-8-6-11-5-3-9-17-11/h3,5,9-10,12,14H,2,4,6-8H2,1H3. The van der Waals surface area contributed by atoms with Crippen molar-refractivity contribution in [3.8, 4) is 0 Å². The summed E-state index contributed by atoms with van der Waals surface area (Å²) in [4.78, 5) is 13.1. The maximum atomic E-state index is 11.9. The summed E-state index contributed by atoms with van der Waals surface area (Å²) in [6, 6.07) is 3.99. The van der Waals surface area contributed by atoms with E-state index in [1.165, 1.54) is 4.88 Å². The lowest BCUT2D eigenvalue weighted by Crippen LogP contribution is -2.46. The molecule has 1 aromatic rings. The maximum Gasteiger partial charge on any atom is 0.323 e. The molecular weight excluding hydrogens is 234 g/mol. The highest BCUT2D eigenvalue weighted by Crippen LogP contribution is 2.17. The minimum Gasteiger partial charge on any atom is -0.464 e. The van der Waals surface area contributed by atoms with Crippen LogP contribution in [0.15, 0.2) is 17.5 Å². The summed E-state index contributed by atoms with van der Waals surface area (Å²) in [6.07, 6.45) is 3.09. The molecule has 0 aliphatic carbocycles. The second-order valence-corrected chi connectivity index (χ2v) is 5.58. The average molecular weight is 253 g/mol. The van der Waals surface area contributed by atoms with E-state index in [1.807, 2.05) is 11.4 Å². The molecule has 1 aliphatic heterocycles. The molecule has 94 valence electrons. The number of nitrogens with one attached hydrogen (secondary N) is 1. The predicted molar refractivity (Wildman–Crippen MR) is 69.2 cm³/mol. The summed E-state index contributed by atoms with van der Waals surface area (Å²) in [5, 5.41) is 5.28. The number of carbonyl (C=O) groups is 1. The first-order valence-electron chi connectivity index (χ1n) is 6.20. The zero-order valence-electron chi connectivity index (χ0n) is 10.1. The van der Waals surface area contributed by atoms with Gasteiger partial charge in [-0.15, -0.1) is 11.3 Å². The number of esters is 1. The third-order valence-electron chi connectivity index (χ3n) is 3.20. The molecule has 1 fully saturated rings. The Morgan fingerprint density at radius 1 is 1.65 bits per heavy atom. The molecule has 17 heavy (non-hydrogen) atoms. The van der Waals surface area contributed by atoms with Crippen LogP contribution in [-0.4, -0.2) is 25.2 Å². The highest BCUT2D eigenvalue weighted by molar-refractivity contribution is 7.09. The van der Waals surface area contributed by atoms with Crippen LogP contribution >= 0.6 is 11.3 Å². The molecule has 0 radical (unpaired) electrons. The molecule has 0 saturated carbocycles. The molecule has 2 unspecified atom stereocenters. The molecule has 1 aliphatic rings. The zero-order chi connectivity index (χ0) is 12.1. The summed E-state index contributed by atoms with van der Waals surface area (Å²) in [5.41, 5.74) is 0. The summed E-state index contributed by atoms with van der Waals surface area (Å²) in [5.74, 6) is 0.298. The fourth-order valence-corrected chi connectivity index (χ4v) is 2.85. The smallest absolute Gasteiger partial charge is 0.323 e. The van der Waals surface area contributed by atoms with Crippen LogP contribution in [0.5, 0.6) is 0 Å². The van der Waals surface area contributed by atoms with E-state index in [9.17, 15) is 4.79 Å². The Hall–Kier alpha value is -0.870. The second-order valence-electron chi connectivity index (χ2n) is 4.55. The van der Waals surface area contributed by atoms with Crippen molar-refractivity contribution in [3.63, 3.8) is 0 Å². The van der Waals surface area contributed by atoms with Crippen molar-refractivity contribution >= 4 is 17.3 Å². The van der Waals surface area contributed by atoms with E-state index < -0.39 is 0 Å². The molecular formula is C13H19NO2S. The Morgan fingerprint density at radius 3 is 3.24 bits per heavy atom. The monoisotopic (exact) mass is 253 g/mol. The Morgan fingerprint density at radius 2 is 2.53 bits per heavy atom. The topological polar surface area (TPSA) is 38.3 Å². The van der Waals surface area contributed by atoms with E-state index in [1.54, 1.807) is 11.3 Å². The van der Waals surface area contributed by atoms with Gasteiger partial charge in [-0.1, -0.05) is 13.0 Å². The fraction of sp³-hybridized carbons (Fsp3) is 0.615. The number of hydrogen-bond donors (Lipinski definition) is 1. The van der Waals surface area contributed by atoms with Crippen LogP contribution in [0.25, 0.3) is 0 Å². The van der Waals surface area contributed by atoms with Gasteiger partial charge in [0.15, 0.2) is 0 Å². The SMILES string of the molecule is CC1CCCNC1C(=O)OCCc1cccs1. The fourth-order valence-electron chi connectivity index (χ4n) is 2.16. The van der Waals surface area contributed by atoms with Crippen LogP contribution in [0.2, 0.25) is 0 Å². The number of hydrogen-bond acceptors (Lipinski definition) is 4. The molecule has 2 atom stereocenters. The molecule has 0 spiro atoms. The quantitative estimate of drug-likeness (QED) is 0.836.